The van der Waals surface area contributed by atoms with Gasteiger partial charge >= 0.3 is 12.1 Å². The molecule has 16 heteroatoms. The molecular weight excluding hydrogens is 561 g/mol. The Labute approximate surface area is 223 Å². The number of esters is 1. The van der Waals surface area contributed by atoms with E-state index in [0.29, 0.717) is 0 Å². The van der Waals surface area contributed by atoms with Gasteiger partial charge in [-0.3, -0.25) is 14.2 Å². The average Bonchev–Trinajstić information content (AvgIpc) is 3.55. The zero-order valence-corrected chi connectivity index (χ0v) is 21.5. The van der Waals surface area contributed by atoms with Crippen molar-refractivity contribution in [3.8, 4) is 28.8 Å². The van der Waals surface area contributed by atoms with Gasteiger partial charge in [-0.1, -0.05) is 0 Å². The summed E-state index contributed by atoms with van der Waals surface area (Å²) in [4.78, 5) is 15.5. The monoisotopic (exact) mass is 578 g/mol. The highest BCUT2D eigenvalue weighted by molar-refractivity contribution is 7.93. The Bertz CT molecular complexity index is 1650. The quantitative estimate of drug-likeness (QED) is 0.284. The first kappa shape index (κ1) is 27.5. The van der Waals surface area contributed by atoms with Gasteiger partial charge in [-0.05, 0) is 49.4 Å². The number of rotatable bonds is 9. The van der Waals surface area contributed by atoms with E-state index in [1.54, 1.807) is 6.92 Å². The molecular formula is C23H17F3N6O5S2. The van der Waals surface area contributed by atoms with E-state index in [9.17, 15) is 31.6 Å². The molecule has 0 fully saturated rings. The second kappa shape index (κ2) is 11.1. The van der Waals surface area contributed by atoms with Crippen molar-refractivity contribution in [3.63, 3.8) is 0 Å². The molecule has 4 aromatic rings. The number of carbonyl (C=O) groups is 1. The number of halogens is 3. The van der Waals surface area contributed by atoms with Gasteiger partial charge in [0.2, 0.25) is 5.13 Å². The molecule has 0 saturated heterocycles. The minimum atomic E-state index is -4.69. The van der Waals surface area contributed by atoms with Gasteiger partial charge in [0.1, 0.15) is 30.4 Å². The lowest BCUT2D eigenvalue weighted by Crippen LogP contribution is -2.15. The largest absolute Gasteiger partial charge is 0.465 e. The van der Waals surface area contributed by atoms with Crippen molar-refractivity contribution in [2.45, 2.75) is 24.5 Å². The summed E-state index contributed by atoms with van der Waals surface area (Å²) in [6.07, 6.45) is -2.22. The molecule has 0 aliphatic carbocycles. The summed E-state index contributed by atoms with van der Waals surface area (Å²) >= 11 is 0.813. The first-order chi connectivity index (χ1) is 18.5. The van der Waals surface area contributed by atoms with Gasteiger partial charge in [0, 0.05) is 23.3 Å². The number of hydrogen-bond acceptors (Lipinski definition) is 10. The summed E-state index contributed by atoms with van der Waals surface area (Å²) in [7, 11) is -4.12. The number of nitriles is 1. The Morgan fingerprint density at radius 2 is 1.95 bits per heavy atom. The molecule has 0 atom stereocenters. The van der Waals surface area contributed by atoms with Gasteiger partial charge in [-0.2, -0.15) is 27.9 Å². The first-order valence-corrected chi connectivity index (χ1v) is 13.2. The van der Waals surface area contributed by atoms with E-state index in [0.717, 1.165) is 46.5 Å². The molecule has 0 bridgehead atoms. The maximum Gasteiger partial charge on any atom is 0.416 e. The normalized spacial score (nSPS) is 11.6. The Kier molecular flexibility index (Phi) is 7.83. The molecule has 0 spiro atoms. The Balaban J connectivity index is 1.73. The van der Waals surface area contributed by atoms with Crippen LogP contribution in [0.1, 0.15) is 18.1 Å². The Morgan fingerprint density at radius 3 is 2.62 bits per heavy atom. The number of hydrogen-bond donors (Lipinski definition) is 1. The highest BCUT2D eigenvalue weighted by atomic mass is 32.2. The third kappa shape index (κ3) is 6.33. The smallest absolute Gasteiger partial charge is 0.416 e. The van der Waals surface area contributed by atoms with Crippen LogP contribution in [0.15, 0.2) is 59.9 Å². The summed E-state index contributed by atoms with van der Waals surface area (Å²) in [5.74, 6) is -0.875. The summed E-state index contributed by atoms with van der Waals surface area (Å²) in [5, 5.41) is 13.7. The number of carbonyl (C=O) groups excluding carboxylic acids is 1. The van der Waals surface area contributed by atoms with Crippen molar-refractivity contribution >= 4 is 32.7 Å². The average molecular weight is 579 g/mol. The zero-order chi connectivity index (χ0) is 28.2. The van der Waals surface area contributed by atoms with Crippen LogP contribution < -0.4 is 9.46 Å². The zero-order valence-electron chi connectivity index (χ0n) is 19.8. The standard InChI is InChI=1S/C23H17F3N6O5S2/c1-2-36-21(33)12-32-18(7-8-29-32)17-10-15(23(24,25)26)3-5-20(17)37-19-6-4-16(9-14(19)11-27)39(34,35)31-22-28-13-30-38-22/h3-10,13H,2,12H2,1H3,(H,28,30,31). The molecule has 2 heterocycles. The van der Waals surface area contributed by atoms with Gasteiger partial charge in [0.05, 0.1) is 28.3 Å². The van der Waals surface area contributed by atoms with Crippen molar-refractivity contribution in [2.75, 3.05) is 11.3 Å². The van der Waals surface area contributed by atoms with Crippen LogP contribution in [0.25, 0.3) is 11.3 Å². The highest BCUT2D eigenvalue weighted by Gasteiger charge is 2.32. The van der Waals surface area contributed by atoms with Crippen LogP contribution in [0.4, 0.5) is 18.3 Å². The lowest BCUT2D eigenvalue weighted by atomic mass is 10.1. The van der Waals surface area contributed by atoms with E-state index >= 15 is 0 Å². The van der Waals surface area contributed by atoms with Crippen LogP contribution in [0.3, 0.4) is 0 Å². The van der Waals surface area contributed by atoms with E-state index in [1.807, 2.05) is 6.07 Å². The fourth-order valence-corrected chi connectivity index (χ4v) is 5.06. The second-order valence-electron chi connectivity index (χ2n) is 7.61. The molecule has 4 rings (SSSR count). The number of aromatic nitrogens is 4. The molecule has 1 N–H and O–H groups in total. The minimum absolute atomic E-state index is 0.0164. The lowest BCUT2D eigenvalue weighted by Gasteiger charge is -2.16. The number of benzene rings is 2. The van der Waals surface area contributed by atoms with Gasteiger partial charge in [0.25, 0.3) is 10.0 Å². The van der Waals surface area contributed by atoms with Crippen LogP contribution in [-0.4, -0.2) is 40.1 Å². The molecule has 39 heavy (non-hydrogen) atoms. The van der Waals surface area contributed by atoms with Crippen LogP contribution in [0.5, 0.6) is 11.5 Å². The molecule has 0 saturated carbocycles. The van der Waals surface area contributed by atoms with Crippen LogP contribution in [-0.2, 0) is 32.3 Å². The molecule has 0 aliphatic rings. The van der Waals surface area contributed by atoms with Gasteiger partial charge < -0.3 is 9.47 Å². The SMILES string of the molecule is CCOC(=O)Cn1nccc1-c1cc(C(F)(F)F)ccc1Oc1ccc(S(=O)(=O)Nc2ncns2)cc1C#N. The number of sulfonamides is 1. The number of ether oxygens (including phenoxy) is 2. The number of alkyl halides is 3. The van der Waals surface area contributed by atoms with E-state index in [-0.39, 0.29) is 51.5 Å². The summed E-state index contributed by atoms with van der Waals surface area (Å²) < 4.78 is 83.8. The summed E-state index contributed by atoms with van der Waals surface area (Å²) in [6, 6.07) is 9.30. The van der Waals surface area contributed by atoms with Crippen LogP contribution in [0.2, 0.25) is 0 Å². The maximum atomic E-state index is 13.5. The molecule has 0 amide bonds. The van der Waals surface area contributed by atoms with Crippen LogP contribution >= 0.6 is 11.5 Å². The van der Waals surface area contributed by atoms with E-state index < -0.39 is 27.7 Å². The third-order valence-electron chi connectivity index (χ3n) is 5.07. The molecule has 0 radical (unpaired) electrons. The van der Waals surface area contributed by atoms with Crippen molar-refractivity contribution in [2.24, 2.45) is 0 Å². The molecule has 2 aromatic heterocycles. The predicted molar refractivity (Wildman–Crippen MR) is 131 cm³/mol. The van der Waals surface area contributed by atoms with E-state index in [1.165, 1.54) is 24.7 Å². The summed E-state index contributed by atoms with van der Waals surface area (Å²) in [6.45, 7) is 1.34. The fourth-order valence-electron chi connectivity index (χ4n) is 3.37. The van der Waals surface area contributed by atoms with Crippen molar-refractivity contribution in [1.82, 2.24) is 19.1 Å². The number of anilines is 1. The van der Waals surface area contributed by atoms with E-state index in [4.69, 9.17) is 9.47 Å². The van der Waals surface area contributed by atoms with Gasteiger partial charge in [0.15, 0.2) is 0 Å². The maximum absolute atomic E-state index is 13.5. The second-order valence-corrected chi connectivity index (χ2v) is 10.1. The van der Waals surface area contributed by atoms with Crippen molar-refractivity contribution in [1.29, 1.82) is 5.26 Å². The predicted octanol–water partition coefficient (Wildman–Crippen LogP) is 4.45. The fraction of sp³-hybridized carbons (Fsp3) is 0.174. The van der Waals surface area contributed by atoms with Crippen LogP contribution in [0, 0.1) is 11.3 Å². The topological polar surface area (TPSA) is 149 Å². The van der Waals surface area contributed by atoms with Crippen molar-refractivity contribution in [3.05, 3.63) is 66.1 Å². The summed E-state index contributed by atoms with van der Waals surface area (Å²) in [5.41, 5.74) is -1.16. The molecule has 11 nitrogen and oxygen atoms in total. The lowest BCUT2D eigenvalue weighted by molar-refractivity contribution is -0.144. The molecule has 0 aliphatic heterocycles. The Hall–Kier alpha value is -4.49. The van der Waals surface area contributed by atoms with E-state index in [2.05, 4.69) is 19.2 Å². The molecule has 202 valence electrons. The van der Waals surface area contributed by atoms with Crippen molar-refractivity contribution < 1.29 is 35.9 Å². The number of nitrogens with zero attached hydrogens (tertiary/aromatic N) is 5. The van der Waals surface area contributed by atoms with Gasteiger partial charge in [-0.25, -0.2) is 13.4 Å². The minimum Gasteiger partial charge on any atom is -0.465 e. The molecule has 2 aromatic carbocycles. The van der Waals surface area contributed by atoms with Gasteiger partial charge in [-0.15, -0.1) is 0 Å². The Morgan fingerprint density at radius 1 is 1.18 bits per heavy atom. The molecule has 0 unspecified atom stereocenters. The third-order valence-corrected chi connectivity index (χ3v) is 7.11. The first-order valence-electron chi connectivity index (χ1n) is 10.9. The highest BCUT2D eigenvalue weighted by Crippen LogP contribution is 2.40. The number of nitrogens with one attached hydrogen (secondary N) is 1.